The molecule has 1 atom stereocenters. The summed E-state index contributed by atoms with van der Waals surface area (Å²) < 4.78 is 27.2. The molecule has 0 aromatic carbocycles. The monoisotopic (exact) mass is 344 g/mol. The molecule has 0 fully saturated rings. The van der Waals surface area contributed by atoms with Gasteiger partial charge in [-0.1, -0.05) is 0 Å². The normalized spacial score (nSPS) is 13.2. The van der Waals surface area contributed by atoms with E-state index in [4.69, 9.17) is 37.1 Å². The number of phosphoric acid groups is 2. The lowest BCUT2D eigenvalue weighted by Gasteiger charge is -2.09. The Balaban J connectivity index is 0.000000394. The highest BCUT2D eigenvalue weighted by Gasteiger charge is 2.32. The van der Waals surface area contributed by atoms with E-state index in [0.29, 0.717) is 0 Å². The zero-order valence-corrected chi connectivity index (χ0v) is 11.7. The number of nitrogen functional groups attached to an aromatic ring is 3. The lowest BCUT2D eigenvalue weighted by Crippen LogP contribution is -2.05. The van der Waals surface area contributed by atoms with Gasteiger partial charge in [0.15, 0.2) is 0 Å². The van der Waals surface area contributed by atoms with Crippen molar-refractivity contribution in [2.24, 2.45) is 0 Å². The first kappa shape index (κ1) is 19.0. The summed E-state index contributed by atoms with van der Waals surface area (Å²) >= 11 is 0. The number of anilines is 3. The zero-order valence-electron chi connectivity index (χ0n) is 9.89. The van der Waals surface area contributed by atoms with Crippen molar-refractivity contribution in [1.29, 1.82) is 5.26 Å². The van der Waals surface area contributed by atoms with Gasteiger partial charge in [-0.3, -0.25) is 0 Å². The second-order valence-corrected chi connectivity index (χ2v) is 5.51. The molecule has 15 nitrogen and oxygen atoms in total. The second-order valence-electron chi connectivity index (χ2n) is 2.76. The Bertz CT molecular complexity index is 561. The molecule has 0 aliphatic rings. The van der Waals surface area contributed by atoms with Crippen molar-refractivity contribution < 1.29 is 32.7 Å². The quantitative estimate of drug-likeness (QED) is 0.132. The molecule has 0 spiro atoms. The van der Waals surface area contributed by atoms with Gasteiger partial charge in [0.2, 0.25) is 24.0 Å². The van der Waals surface area contributed by atoms with E-state index in [1.807, 2.05) is 0 Å². The predicted octanol–water partition coefficient (Wildman–Crippen LogP) is -2.18. The van der Waals surface area contributed by atoms with Gasteiger partial charge in [-0.2, -0.15) is 34.6 Å². The third kappa shape index (κ3) is 10.4. The SMILES string of the molecule is N#CNOP(=O)(O)OP(=O)(O)O.Nc1nc(N)nc(N)n1. The van der Waals surface area contributed by atoms with Crippen LogP contribution in [0, 0.1) is 11.5 Å². The van der Waals surface area contributed by atoms with Gasteiger partial charge in [0.25, 0.3) is 0 Å². The van der Waals surface area contributed by atoms with E-state index < -0.39 is 15.6 Å². The standard InChI is InChI=1S/C3H6N6.CH4N2O7P2/c4-1-7-2(5)9-3(6)8-1;2-1-3-9-12(7,8)10-11(4,5)6/h(H6,4,5,6,7,8,9);3H,(H,7,8)(H2,4,5,6). The van der Waals surface area contributed by atoms with Gasteiger partial charge < -0.3 is 31.9 Å². The molecule has 0 aliphatic heterocycles. The summed E-state index contributed by atoms with van der Waals surface area (Å²) in [5.74, 6) is 0.125. The lowest BCUT2D eigenvalue weighted by molar-refractivity contribution is 0.146. The van der Waals surface area contributed by atoms with Crippen molar-refractivity contribution in [3.63, 3.8) is 0 Å². The summed E-state index contributed by atoms with van der Waals surface area (Å²) in [6.45, 7) is 0. The minimum Gasteiger partial charge on any atom is -0.368 e. The van der Waals surface area contributed by atoms with Crippen molar-refractivity contribution in [3.05, 3.63) is 0 Å². The topological polar surface area (TPSA) is 266 Å². The van der Waals surface area contributed by atoms with Crippen LogP contribution in [0.5, 0.6) is 0 Å². The highest BCUT2D eigenvalue weighted by atomic mass is 31.3. The molecule has 1 heterocycles. The Kier molecular flexibility index (Phi) is 6.92. The Morgan fingerprint density at radius 1 is 1.05 bits per heavy atom. The van der Waals surface area contributed by atoms with Gasteiger partial charge in [0.1, 0.15) is 0 Å². The Labute approximate surface area is 116 Å². The van der Waals surface area contributed by atoms with E-state index in [1.165, 1.54) is 5.48 Å². The number of nitrogens with one attached hydrogen (secondary N) is 1. The number of hydroxylamine groups is 1. The van der Waals surface area contributed by atoms with Crippen LogP contribution in [-0.4, -0.2) is 29.6 Å². The number of nitrogens with two attached hydrogens (primary N) is 3. The van der Waals surface area contributed by atoms with Crippen LogP contribution in [0.3, 0.4) is 0 Å². The molecule has 0 bridgehead atoms. The molecule has 0 radical (unpaired) electrons. The first-order valence-corrected chi connectivity index (χ1v) is 7.42. The minimum atomic E-state index is -5.11. The maximum Gasteiger partial charge on any atom is 0.503 e. The molecule has 0 amide bonds. The summed E-state index contributed by atoms with van der Waals surface area (Å²) in [4.78, 5) is 34.9. The smallest absolute Gasteiger partial charge is 0.368 e. The average Bonchev–Trinajstić information content (AvgIpc) is 2.22. The Morgan fingerprint density at radius 3 is 1.71 bits per heavy atom. The van der Waals surface area contributed by atoms with Gasteiger partial charge in [-0.25, -0.2) is 9.13 Å². The van der Waals surface area contributed by atoms with E-state index in [0.717, 1.165) is 6.19 Å². The zero-order chi connectivity index (χ0) is 16.7. The third-order valence-corrected chi connectivity index (χ3v) is 3.10. The molecule has 0 aliphatic carbocycles. The van der Waals surface area contributed by atoms with Crippen LogP contribution in [0.1, 0.15) is 0 Å². The summed E-state index contributed by atoms with van der Waals surface area (Å²) in [5, 5.41) is 7.76. The first-order chi connectivity index (χ1) is 9.45. The fourth-order valence-electron chi connectivity index (χ4n) is 0.656. The lowest BCUT2D eigenvalue weighted by atomic mass is 10.9. The largest absolute Gasteiger partial charge is 0.503 e. The van der Waals surface area contributed by atoms with Crippen LogP contribution in [0.15, 0.2) is 0 Å². The van der Waals surface area contributed by atoms with Crippen molar-refractivity contribution in [3.8, 4) is 6.19 Å². The maximum atomic E-state index is 10.4. The predicted molar refractivity (Wildman–Crippen MR) is 65.9 cm³/mol. The highest BCUT2D eigenvalue weighted by Crippen LogP contribution is 2.56. The van der Waals surface area contributed by atoms with Gasteiger partial charge in [0.05, 0.1) is 0 Å². The second kappa shape index (κ2) is 7.67. The number of nitriles is 1. The molecule has 0 saturated carbocycles. The number of hydrogen-bond acceptors (Lipinski definition) is 12. The Hall–Kier alpha value is -2.04. The van der Waals surface area contributed by atoms with E-state index in [9.17, 15) is 9.13 Å². The molecule has 0 saturated heterocycles. The van der Waals surface area contributed by atoms with Gasteiger partial charge in [0, 0.05) is 0 Å². The van der Waals surface area contributed by atoms with Crippen LogP contribution in [0.25, 0.3) is 0 Å². The van der Waals surface area contributed by atoms with Crippen LogP contribution in [0.4, 0.5) is 17.8 Å². The third-order valence-electron chi connectivity index (χ3n) is 1.10. The fraction of sp³-hybridized carbons (Fsp3) is 0. The number of aromatic nitrogens is 3. The molecular formula is C4H10N8O7P2. The summed E-state index contributed by atoms with van der Waals surface area (Å²) in [6.07, 6.45) is 1.07. The molecule has 1 rings (SSSR count). The van der Waals surface area contributed by atoms with Crippen LogP contribution in [-0.2, 0) is 18.1 Å². The minimum absolute atomic E-state index is 0.0417. The fourth-order valence-corrected chi connectivity index (χ4v) is 2.02. The summed E-state index contributed by atoms with van der Waals surface area (Å²) in [6, 6.07) is 0. The van der Waals surface area contributed by atoms with Gasteiger partial charge in [-0.05, 0) is 0 Å². The van der Waals surface area contributed by atoms with E-state index in [1.54, 1.807) is 0 Å². The number of nitrogens with zero attached hydrogens (tertiary/aromatic N) is 4. The highest BCUT2D eigenvalue weighted by molar-refractivity contribution is 7.60. The van der Waals surface area contributed by atoms with Gasteiger partial charge >= 0.3 is 15.6 Å². The van der Waals surface area contributed by atoms with Crippen molar-refractivity contribution in [2.75, 3.05) is 17.2 Å². The molecule has 1 aromatic heterocycles. The van der Waals surface area contributed by atoms with Crippen molar-refractivity contribution >= 4 is 33.5 Å². The average molecular weight is 344 g/mol. The molecular weight excluding hydrogens is 334 g/mol. The molecule has 17 heteroatoms. The summed E-state index contributed by atoms with van der Waals surface area (Å²) in [5.41, 5.74) is 16.6. The van der Waals surface area contributed by atoms with Crippen LogP contribution in [0.2, 0.25) is 0 Å². The van der Waals surface area contributed by atoms with Crippen molar-refractivity contribution in [1.82, 2.24) is 20.4 Å². The Morgan fingerprint density at radius 2 is 1.43 bits per heavy atom. The van der Waals surface area contributed by atoms with Crippen molar-refractivity contribution in [2.45, 2.75) is 0 Å². The van der Waals surface area contributed by atoms with E-state index in [2.05, 4.69) is 23.9 Å². The summed E-state index contributed by atoms with van der Waals surface area (Å²) in [7, 11) is -10.0. The molecule has 1 aromatic rings. The number of rotatable bonds is 4. The number of hydrogen-bond donors (Lipinski definition) is 7. The van der Waals surface area contributed by atoms with E-state index in [-0.39, 0.29) is 17.8 Å². The molecule has 21 heavy (non-hydrogen) atoms. The van der Waals surface area contributed by atoms with Gasteiger partial charge in [-0.15, -0.1) is 0 Å². The molecule has 10 N–H and O–H groups in total. The first-order valence-electron chi connectivity index (χ1n) is 4.40. The maximum absolute atomic E-state index is 10.4. The molecule has 118 valence electrons. The van der Waals surface area contributed by atoms with Crippen LogP contribution < -0.4 is 22.7 Å². The van der Waals surface area contributed by atoms with E-state index >= 15 is 0 Å². The molecule has 1 unspecified atom stereocenters. The van der Waals surface area contributed by atoms with Crippen LogP contribution >= 0.6 is 15.6 Å².